The lowest BCUT2D eigenvalue weighted by Crippen LogP contribution is -2.25. The lowest BCUT2D eigenvalue weighted by atomic mass is 9.70. The molecule has 41 heavy (non-hydrogen) atoms. The summed E-state index contributed by atoms with van der Waals surface area (Å²) in [6, 6.07) is 47.2. The van der Waals surface area contributed by atoms with Crippen molar-refractivity contribution in [3.05, 3.63) is 156 Å². The molecule has 0 fully saturated rings. The molecule has 9 rings (SSSR count). The van der Waals surface area contributed by atoms with Crippen LogP contribution in [-0.4, -0.2) is 7.05 Å². The monoisotopic (exact) mass is 527 g/mol. The molecule has 2 aliphatic carbocycles. The van der Waals surface area contributed by atoms with Gasteiger partial charge in [-0.15, -0.1) is 0 Å². The molecule has 3 aliphatic rings. The van der Waals surface area contributed by atoms with Crippen LogP contribution in [0.25, 0.3) is 22.3 Å². The smallest absolute Gasteiger partial charge is 0.193 e. The van der Waals surface area contributed by atoms with E-state index in [1.54, 1.807) is 0 Å². The molecule has 0 aromatic heterocycles. The fourth-order valence-electron chi connectivity index (χ4n) is 7.28. The van der Waals surface area contributed by atoms with Crippen molar-refractivity contribution in [2.45, 2.75) is 5.41 Å². The van der Waals surface area contributed by atoms with E-state index >= 15 is 0 Å². The highest BCUT2D eigenvalue weighted by Crippen LogP contribution is 2.66. The first kappa shape index (κ1) is 22.5. The van der Waals surface area contributed by atoms with Crippen molar-refractivity contribution in [1.29, 1.82) is 0 Å². The van der Waals surface area contributed by atoms with E-state index in [1.807, 2.05) is 30.3 Å². The Morgan fingerprint density at radius 1 is 0.463 bits per heavy atom. The maximum absolute atomic E-state index is 6.83. The molecular weight excluding hydrogens is 502 g/mol. The van der Waals surface area contributed by atoms with Crippen molar-refractivity contribution < 1.29 is 9.47 Å². The number of anilines is 2. The summed E-state index contributed by atoms with van der Waals surface area (Å²) >= 11 is 0. The van der Waals surface area contributed by atoms with Gasteiger partial charge in [0.2, 0.25) is 0 Å². The van der Waals surface area contributed by atoms with Crippen LogP contribution in [0.3, 0.4) is 0 Å². The molecule has 0 bridgehead atoms. The second-order valence-electron chi connectivity index (χ2n) is 10.9. The van der Waals surface area contributed by atoms with Crippen LogP contribution in [-0.2, 0) is 5.41 Å². The third-order valence-electron chi connectivity index (χ3n) is 8.97. The van der Waals surface area contributed by atoms with Gasteiger partial charge in [-0.2, -0.15) is 0 Å². The minimum Gasteiger partial charge on any atom is -0.449 e. The van der Waals surface area contributed by atoms with Crippen molar-refractivity contribution >= 4 is 11.4 Å². The van der Waals surface area contributed by atoms with Crippen LogP contribution in [0.4, 0.5) is 11.4 Å². The summed E-state index contributed by atoms with van der Waals surface area (Å²) in [6.45, 7) is 0. The maximum Gasteiger partial charge on any atom is 0.193 e. The maximum atomic E-state index is 6.83. The molecule has 0 radical (unpaired) electrons. The Hall–Kier alpha value is -5.28. The number of ether oxygens (including phenoxy) is 2. The lowest BCUT2D eigenvalue weighted by Gasteiger charge is -2.31. The Kier molecular flexibility index (Phi) is 4.46. The summed E-state index contributed by atoms with van der Waals surface area (Å²) < 4.78 is 13.5. The van der Waals surface area contributed by atoms with Gasteiger partial charge in [0.25, 0.3) is 0 Å². The normalized spacial score (nSPS) is 14.1. The molecule has 1 spiro atoms. The lowest BCUT2D eigenvalue weighted by molar-refractivity contribution is 0.361. The largest absolute Gasteiger partial charge is 0.449 e. The van der Waals surface area contributed by atoms with Gasteiger partial charge in [0.1, 0.15) is 0 Å². The van der Waals surface area contributed by atoms with E-state index in [0.29, 0.717) is 0 Å². The zero-order valence-electron chi connectivity index (χ0n) is 22.5. The van der Waals surface area contributed by atoms with Gasteiger partial charge < -0.3 is 14.4 Å². The van der Waals surface area contributed by atoms with Crippen molar-refractivity contribution in [2.24, 2.45) is 0 Å². The topological polar surface area (TPSA) is 21.7 Å². The summed E-state index contributed by atoms with van der Waals surface area (Å²) in [6.07, 6.45) is 0. The van der Waals surface area contributed by atoms with E-state index in [4.69, 9.17) is 9.47 Å². The van der Waals surface area contributed by atoms with Gasteiger partial charge in [0.05, 0.1) is 11.1 Å². The minimum atomic E-state index is -0.410. The number of fused-ring (bicyclic) bond motifs is 13. The van der Waals surface area contributed by atoms with Gasteiger partial charge >= 0.3 is 0 Å². The molecule has 0 N–H and O–H groups in total. The molecule has 0 amide bonds. The number of hydrogen-bond acceptors (Lipinski definition) is 3. The van der Waals surface area contributed by atoms with Crippen molar-refractivity contribution in [3.63, 3.8) is 0 Å². The first-order valence-electron chi connectivity index (χ1n) is 14.0. The van der Waals surface area contributed by atoms with Gasteiger partial charge in [0.15, 0.2) is 23.0 Å². The van der Waals surface area contributed by atoms with E-state index in [2.05, 4.69) is 115 Å². The number of benzene rings is 6. The highest BCUT2D eigenvalue weighted by atomic mass is 16.6. The van der Waals surface area contributed by atoms with E-state index in [1.165, 1.54) is 38.9 Å². The number of rotatable bonds is 2. The zero-order valence-corrected chi connectivity index (χ0v) is 22.5. The predicted octanol–water partition coefficient (Wildman–Crippen LogP) is 9.70. The Bertz CT molecular complexity index is 1980. The van der Waals surface area contributed by atoms with Crippen LogP contribution >= 0.6 is 0 Å². The van der Waals surface area contributed by atoms with Crippen molar-refractivity contribution in [3.8, 4) is 45.3 Å². The average molecular weight is 528 g/mol. The second-order valence-corrected chi connectivity index (χ2v) is 10.9. The summed E-state index contributed by atoms with van der Waals surface area (Å²) in [5.74, 6) is 2.96. The standard InChI is InChI=1S/C38H25NO2/c1-39(24-12-3-2-4-13-24)32-20-11-21-33-36(32)40-34-23-22-31-35(37(34)41-33)27-16-7-10-19-30(27)38(31)28-17-8-5-14-25(28)26-15-6-9-18-29(26)38/h2-23H,1H3. The number of para-hydroxylation sites is 2. The Morgan fingerprint density at radius 2 is 1.02 bits per heavy atom. The molecule has 194 valence electrons. The molecule has 0 saturated carbocycles. The molecule has 0 atom stereocenters. The van der Waals surface area contributed by atoms with Gasteiger partial charge in [-0.3, -0.25) is 0 Å². The van der Waals surface area contributed by atoms with Crippen molar-refractivity contribution in [1.82, 2.24) is 0 Å². The van der Waals surface area contributed by atoms with Crippen LogP contribution in [0.15, 0.2) is 133 Å². The summed E-state index contributed by atoms with van der Waals surface area (Å²) in [7, 11) is 2.06. The predicted molar refractivity (Wildman–Crippen MR) is 164 cm³/mol. The molecule has 0 unspecified atom stereocenters. The molecule has 1 heterocycles. The second kappa shape index (κ2) is 8.12. The van der Waals surface area contributed by atoms with Gasteiger partial charge in [-0.1, -0.05) is 103 Å². The van der Waals surface area contributed by atoms with Crippen molar-refractivity contribution in [2.75, 3.05) is 11.9 Å². The Balaban J connectivity index is 1.27. The summed E-state index contributed by atoms with van der Waals surface area (Å²) in [5, 5.41) is 0. The first-order valence-corrected chi connectivity index (χ1v) is 14.0. The summed E-state index contributed by atoms with van der Waals surface area (Å²) in [4.78, 5) is 2.14. The number of nitrogens with zero attached hydrogens (tertiary/aromatic N) is 1. The highest BCUT2D eigenvalue weighted by molar-refractivity contribution is 5.97. The molecule has 1 aliphatic heterocycles. The fourth-order valence-corrected chi connectivity index (χ4v) is 7.28. The molecule has 0 saturated heterocycles. The SMILES string of the molecule is CN(c1ccccc1)c1cccc2c1Oc1ccc3c(c1O2)-c1ccccc1C31c2ccccc2-c2ccccc21. The quantitative estimate of drug-likeness (QED) is 0.223. The number of hydrogen-bond donors (Lipinski definition) is 0. The van der Waals surface area contributed by atoms with E-state index in [-0.39, 0.29) is 0 Å². The first-order chi connectivity index (χ1) is 20.3. The molecule has 3 heteroatoms. The van der Waals surface area contributed by atoms with E-state index in [9.17, 15) is 0 Å². The van der Waals surface area contributed by atoms with Gasteiger partial charge in [0, 0.05) is 18.3 Å². The van der Waals surface area contributed by atoms with E-state index < -0.39 is 5.41 Å². The Morgan fingerprint density at radius 3 is 1.73 bits per heavy atom. The minimum absolute atomic E-state index is 0.410. The molecule has 3 nitrogen and oxygen atoms in total. The van der Waals surface area contributed by atoms with Crippen LogP contribution in [0.1, 0.15) is 22.3 Å². The van der Waals surface area contributed by atoms with Crippen LogP contribution in [0.2, 0.25) is 0 Å². The van der Waals surface area contributed by atoms with Crippen LogP contribution in [0, 0.1) is 0 Å². The third-order valence-corrected chi connectivity index (χ3v) is 8.97. The highest BCUT2D eigenvalue weighted by Gasteiger charge is 2.53. The average Bonchev–Trinajstić information content (AvgIpc) is 3.51. The van der Waals surface area contributed by atoms with E-state index in [0.717, 1.165) is 39.9 Å². The molecule has 6 aromatic carbocycles. The Labute approximate surface area is 238 Å². The van der Waals surface area contributed by atoms with Gasteiger partial charge in [-0.25, -0.2) is 0 Å². The van der Waals surface area contributed by atoms with Crippen LogP contribution in [0.5, 0.6) is 23.0 Å². The van der Waals surface area contributed by atoms with Crippen LogP contribution < -0.4 is 14.4 Å². The molecular formula is C38H25NO2. The fraction of sp³-hybridized carbons (Fsp3) is 0.0526. The third kappa shape index (κ3) is 2.82. The van der Waals surface area contributed by atoms with Gasteiger partial charge in [-0.05, 0) is 69.3 Å². The summed E-state index contributed by atoms with van der Waals surface area (Å²) in [5.41, 5.74) is 11.7. The molecule has 6 aromatic rings. The zero-order chi connectivity index (χ0) is 27.1.